The Morgan fingerprint density at radius 1 is 1.09 bits per heavy atom. The van der Waals surface area contributed by atoms with Gasteiger partial charge in [0.05, 0.1) is 11.3 Å². The average molecular weight is 457 g/mol. The third kappa shape index (κ3) is 6.03. The standard InChI is InChI=1S/C25H27F3N4O/c1-3-12-32(4-2)20-8-9-22(29)21(15-20)23-14-18(10-11-30-23)24(33)31-16-17-6-5-7-19(13-17)25(26,27)28/h5-11,13-15H,3-4,12,16,29H2,1-2H3,(H,31,33). The highest BCUT2D eigenvalue weighted by Crippen LogP contribution is 2.31. The van der Waals surface area contributed by atoms with Crippen LogP contribution in [-0.2, 0) is 12.7 Å². The lowest BCUT2D eigenvalue weighted by Gasteiger charge is -2.23. The van der Waals surface area contributed by atoms with Crippen molar-refractivity contribution < 1.29 is 18.0 Å². The van der Waals surface area contributed by atoms with Crippen LogP contribution in [0.2, 0.25) is 0 Å². The van der Waals surface area contributed by atoms with Gasteiger partial charge in [0.25, 0.3) is 5.91 Å². The van der Waals surface area contributed by atoms with Gasteiger partial charge in [-0.1, -0.05) is 19.1 Å². The molecule has 33 heavy (non-hydrogen) atoms. The van der Waals surface area contributed by atoms with Crippen molar-refractivity contribution in [2.75, 3.05) is 23.7 Å². The molecule has 3 aromatic rings. The van der Waals surface area contributed by atoms with E-state index in [0.717, 1.165) is 42.9 Å². The van der Waals surface area contributed by atoms with Gasteiger partial charge in [-0.3, -0.25) is 9.78 Å². The maximum absolute atomic E-state index is 12.9. The van der Waals surface area contributed by atoms with E-state index >= 15 is 0 Å². The minimum atomic E-state index is -4.43. The van der Waals surface area contributed by atoms with Gasteiger partial charge >= 0.3 is 6.18 Å². The van der Waals surface area contributed by atoms with E-state index in [0.29, 0.717) is 22.5 Å². The highest BCUT2D eigenvalue weighted by molar-refractivity contribution is 5.95. The van der Waals surface area contributed by atoms with Crippen LogP contribution in [0.5, 0.6) is 0 Å². The van der Waals surface area contributed by atoms with Crippen molar-refractivity contribution in [2.24, 2.45) is 0 Å². The number of rotatable bonds is 8. The second-order valence-electron chi connectivity index (χ2n) is 7.66. The number of hydrogen-bond acceptors (Lipinski definition) is 4. The van der Waals surface area contributed by atoms with E-state index in [1.54, 1.807) is 12.1 Å². The number of nitrogens with one attached hydrogen (secondary N) is 1. The number of pyridine rings is 1. The van der Waals surface area contributed by atoms with Crippen LogP contribution in [0, 0.1) is 0 Å². The van der Waals surface area contributed by atoms with Gasteiger partial charge in [0.15, 0.2) is 0 Å². The summed E-state index contributed by atoms with van der Waals surface area (Å²) >= 11 is 0. The number of hydrogen-bond donors (Lipinski definition) is 2. The zero-order valence-electron chi connectivity index (χ0n) is 18.6. The summed E-state index contributed by atoms with van der Waals surface area (Å²) in [6.07, 6.45) is -1.91. The first-order valence-corrected chi connectivity index (χ1v) is 10.8. The molecule has 8 heteroatoms. The maximum atomic E-state index is 12.9. The van der Waals surface area contributed by atoms with Crippen LogP contribution in [0.1, 0.15) is 41.8 Å². The number of aromatic nitrogens is 1. The lowest BCUT2D eigenvalue weighted by molar-refractivity contribution is -0.137. The highest BCUT2D eigenvalue weighted by Gasteiger charge is 2.30. The van der Waals surface area contributed by atoms with Crippen molar-refractivity contribution in [3.8, 4) is 11.3 Å². The van der Waals surface area contributed by atoms with Crippen molar-refractivity contribution >= 4 is 17.3 Å². The second kappa shape index (κ2) is 10.4. The Kier molecular flexibility index (Phi) is 7.58. The third-order valence-electron chi connectivity index (χ3n) is 5.28. The Labute approximate surface area is 191 Å². The number of benzene rings is 2. The maximum Gasteiger partial charge on any atom is 0.416 e. The number of amides is 1. The Morgan fingerprint density at radius 3 is 2.58 bits per heavy atom. The summed E-state index contributed by atoms with van der Waals surface area (Å²) in [7, 11) is 0. The minimum Gasteiger partial charge on any atom is -0.398 e. The number of carbonyl (C=O) groups is 1. The molecule has 2 aromatic carbocycles. The van der Waals surface area contributed by atoms with Crippen molar-refractivity contribution in [3.05, 3.63) is 77.5 Å². The molecule has 1 heterocycles. The number of alkyl halides is 3. The van der Waals surface area contributed by atoms with Crippen molar-refractivity contribution in [2.45, 2.75) is 33.0 Å². The topological polar surface area (TPSA) is 71.2 Å². The molecule has 0 fully saturated rings. The molecule has 0 spiro atoms. The quantitative estimate of drug-likeness (QED) is 0.438. The number of carbonyl (C=O) groups excluding carboxylic acids is 1. The average Bonchev–Trinajstić information content (AvgIpc) is 2.81. The number of anilines is 2. The molecule has 1 aromatic heterocycles. The van der Waals surface area contributed by atoms with Crippen LogP contribution in [-0.4, -0.2) is 24.0 Å². The molecule has 0 unspecified atom stereocenters. The number of nitrogen functional groups attached to an aromatic ring is 1. The molecule has 0 aliphatic heterocycles. The molecular weight excluding hydrogens is 429 g/mol. The SMILES string of the molecule is CCCN(CC)c1ccc(N)c(-c2cc(C(=O)NCc3cccc(C(F)(F)F)c3)ccn2)c1. The zero-order valence-corrected chi connectivity index (χ0v) is 18.6. The van der Waals surface area contributed by atoms with E-state index in [1.165, 1.54) is 18.3 Å². The molecule has 0 bridgehead atoms. The number of nitrogens with two attached hydrogens (primary N) is 1. The molecule has 0 radical (unpaired) electrons. The first kappa shape index (κ1) is 24.1. The fourth-order valence-electron chi connectivity index (χ4n) is 3.56. The van der Waals surface area contributed by atoms with Crippen LogP contribution < -0.4 is 16.0 Å². The number of halogens is 3. The molecule has 3 N–H and O–H groups in total. The fourth-order valence-corrected chi connectivity index (χ4v) is 3.56. The summed E-state index contributed by atoms with van der Waals surface area (Å²) in [6, 6.07) is 13.8. The molecule has 0 saturated heterocycles. The van der Waals surface area contributed by atoms with E-state index in [2.05, 4.69) is 29.0 Å². The van der Waals surface area contributed by atoms with Gasteiger partial charge in [0, 0.05) is 48.3 Å². The van der Waals surface area contributed by atoms with Crippen molar-refractivity contribution in [3.63, 3.8) is 0 Å². The molecule has 0 aliphatic carbocycles. The van der Waals surface area contributed by atoms with Crippen molar-refractivity contribution in [1.29, 1.82) is 0 Å². The van der Waals surface area contributed by atoms with Crippen LogP contribution in [0.3, 0.4) is 0 Å². The minimum absolute atomic E-state index is 0.0273. The van der Waals surface area contributed by atoms with Crippen LogP contribution >= 0.6 is 0 Å². The molecular formula is C25H27F3N4O. The fraction of sp³-hybridized carbons (Fsp3) is 0.280. The first-order valence-electron chi connectivity index (χ1n) is 10.8. The summed E-state index contributed by atoms with van der Waals surface area (Å²) < 4.78 is 38.7. The molecule has 174 valence electrons. The molecule has 0 saturated carbocycles. The summed E-state index contributed by atoms with van der Waals surface area (Å²) in [4.78, 5) is 19.3. The summed E-state index contributed by atoms with van der Waals surface area (Å²) in [5, 5.41) is 2.67. The predicted molar refractivity (Wildman–Crippen MR) is 125 cm³/mol. The van der Waals surface area contributed by atoms with E-state index in [1.807, 2.05) is 18.2 Å². The van der Waals surface area contributed by atoms with Crippen LogP contribution in [0.4, 0.5) is 24.5 Å². The summed E-state index contributed by atoms with van der Waals surface area (Å²) in [6.45, 7) is 5.93. The predicted octanol–water partition coefficient (Wildman–Crippen LogP) is 5.52. The molecule has 1 amide bonds. The van der Waals surface area contributed by atoms with E-state index < -0.39 is 17.6 Å². The van der Waals surface area contributed by atoms with Gasteiger partial charge in [0.1, 0.15) is 0 Å². The normalized spacial score (nSPS) is 11.3. The Morgan fingerprint density at radius 2 is 1.88 bits per heavy atom. The van der Waals surface area contributed by atoms with Gasteiger partial charge in [0.2, 0.25) is 0 Å². The van der Waals surface area contributed by atoms with E-state index in [-0.39, 0.29) is 6.54 Å². The van der Waals surface area contributed by atoms with Gasteiger partial charge in [-0.2, -0.15) is 13.2 Å². The Bertz CT molecular complexity index is 1110. The molecule has 5 nitrogen and oxygen atoms in total. The monoisotopic (exact) mass is 456 g/mol. The van der Waals surface area contributed by atoms with Gasteiger partial charge in [-0.25, -0.2) is 0 Å². The van der Waals surface area contributed by atoms with E-state index in [9.17, 15) is 18.0 Å². The zero-order chi connectivity index (χ0) is 24.0. The Balaban J connectivity index is 1.79. The Hall–Kier alpha value is -3.55. The lowest BCUT2D eigenvalue weighted by Crippen LogP contribution is -2.23. The van der Waals surface area contributed by atoms with Crippen LogP contribution in [0.25, 0.3) is 11.3 Å². The van der Waals surface area contributed by atoms with Gasteiger partial charge in [-0.05, 0) is 61.4 Å². The molecule has 0 atom stereocenters. The van der Waals surface area contributed by atoms with Crippen LogP contribution in [0.15, 0.2) is 60.8 Å². The number of nitrogens with zero attached hydrogens (tertiary/aromatic N) is 2. The van der Waals surface area contributed by atoms with Gasteiger partial charge < -0.3 is 16.0 Å². The van der Waals surface area contributed by atoms with Crippen molar-refractivity contribution in [1.82, 2.24) is 10.3 Å². The van der Waals surface area contributed by atoms with E-state index in [4.69, 9.17) is 5.73 Å². The summed E-state index contributed by atoms with van der Waals surface area (Å²) in [5.74, 6) is -0.410. The van der Waals surface area contributed by atoms with Gasteiger partial charge in [-0.15, -0.1) is 0 Å². The lowest BCUT2D eigenvalue weighted by atomic mass is 10.1. The molecule has 3 rings (SSSR count). The second-order valence-corrected chi connectivity index (χ2v) is 7.66. The smallest absolute Gasteiger partial charge is 0.398 e. The first-order chi connectivity index (χ1) is 15.7. The largest absolute Gasteiger partial charge is 0.416 e. The highest BCUT2D eigenvalue weighted by atomic mass is 19.4. The molecule has 0 aliphatic rings. The summed E-state index contributed by atoms with van der Waals surface area (Å²) in [5.41, 5.74) is 8.98. The third-order valence-corrected chi connectivity index (χ3v) is 5.28.